The molecule has 0 aliphatic heterocycles. The Kier molecular flexibility index (Phi) is 6.47. The van der Waals surface area contributed by atoms with E-state index in [4.69, 9.17) is 23.2 Å². The molecule has 1 aromatic carbocycles. The van der Waals surface area contributed by atoms with Crippen LogP contribution in [0.5, 0.6) is 0 Å². The summed E-state index contributed by atoms with van der Waals surface area (Å²) in [5.74, 6) is 0.435. The highest BCUT2D eigenvalue weighted by Crippen LogP contribution is 2.26. The number of nitrogens with one attached hydrogen (secondary N) is 1. The fourth-order valence-electron chi connectivity index (χ4n) is 1.75. The van der Waals surface area contributed by atoms with Gasteiger partial charge < -0.3 is 15.0 Å². The first kappa shape index (κ1) is 15.3. The van der Waals surface area contributed by atoms with Gasteiger partial charge in [0.05, 0.1) is 16.6 Å². The zero-order valence-corrected chi connectivity index (χ0v) is 12.1. The Morgan fingerprint density at radius 1 is 1.39 bits per heavy atom. The van der Waals surface area contributed by atoms with Crippen LogP contribution in [0.15, 0.2) is 18.2 Å². The van der Waals surface area contributed by atoms with E-state index < -0.39 is 0 Å². The van der Waals surface area contributed by atoms with Gasteiger partial charge in [0.25, 0.3) is 0 Å². The van der Waals surface area contributed by atoms with E-state index >= 15 is 0 Å². The Morgan fingerprint density at radius 3 is 2.72 bits per heavy atom. The van der Waals surface area contributed by atoms with Crippen LogP contribution in [0.3, 0.4) is 0 Å². The minimum absolute atomic E-state index is 0.404. The molecule has 0 aliphatic carbocycles. The van der Waals surface area contributed by atoms with E-state index in [1.807, 2.05) is 19.2 Å². The summed E-state index contributed by atoms with van der Waals surface area (Å²) >= 11 is 11.9. The molecule has 1 rings (SSSR count). The molecular formula is C13H18Cl2N2O. The standard InChI is InChI=1S/C13H18Cl2N2O/c1-10(8-16-5-6-18)9-17(2)11-3-4-12(14)13(15)7-11/h3-4,6-7,10,16H,5,8-9H2,1-2H3. The quantitative estimate of drug-likeness (QED) is 0.619. The van der Waals surface area contributed by atoms with Crippen LogP contribution in [0.4, 0.5) is 5.69 Å². The van der Waals surface area contributed by atoms with Gasteiger partial charge in [-0.05, 0) is 30.7 Å². The van der Waals surface area contributed by atoms with Crippen molar-refractivity contribution in [3.05, 3.63) is 28.2 Å². The van der Waals surface area contributed by atoms with Crippen molar-refractivity contribution in [2.45, 2.75) is 6.92 Å². The molecule has 100 valence electrons. The van der Waals surface area contributed by atoms with Crippen molar-refractivity contribution >= 4 is 35.2 Å². The first-order valence-electron chi connectivity index (χ1n) is 5.85. The predicted octanol–water partition coefficient (Wildman–Crippen LogP) is 2.85. The Bertz CT molecular complexity index is 399. The van der Waals surface area contributed by atoms with Crippen molar-refractivity contribution in [1.29, 1.82) is 0 Å². The zero-order chi connectivity index (χ0) is 13.5. The summed E-state index contributed by atoms with van der Waals surface area (Å²) in [6, 6.07) is 5.60. The summed E-state index contributed by atoms with van der Waals surface area (Å²) in [6.07, 6.45) is 0.870. The lowest BCUT2D eigenvalue weighted by molar-refractivity contribution is -0.107. The third-order valence-corrected chi connectivity index (χ3v) is 3.39. The number of nitrogens with zero attached hydrogens (tertiary/aromatic N) is 1. The summed E-state index contributed by atoms with van der Waals surface area (Å²) in [5.41, 5.74) is 1.03. The van der Waals surface area contributed by atoms with E-state index in [1.165, 1.54) is 0 Å². The van der Waals surface area contributed by atoms with Gasteiger partial charge in [-0.2, -0.15) is 0 Å². The average Bonchev–Trinajstić information content (AvgIpc) is 2.33. The third kappa shape index (κ3) is 4.84. The lowest BCUT2D eigenvalue weighted by Crippen LogP contribution is -2.31. The van der Waals surface area contributed by atoms with Crippen LogP contribution in [0, 0.1) is 5.92 Å². The minimum Gasteiger partial charge on any atom is -0.374 e. The van der Waals surface area contributed by atoms with Crippen LogP contribution >= 0.6 is 23.2 Å². The maximum atomic E-state index is 10.2. The van der Waals surface area contributed by atoms with Gasteiger partial charge in [-0.3, -0.25) is 0 Å². The maximum absolute atomic E-state index is 10.2. The van der Waals surface area contributed by atoms with Gasteiger partial charge in [-0.1, -0.05) is 30.1 Å². The van der Waals surface area contributed by atoms with Crippen LogP contribution in [0.1, 0.15) is 6.92 Å². The Morgan fingerprint density at radius 2 is 2.11 bits per heavy atom. The topological polar surface area (TPSA) is 32.3 Å². The van der Waals surface area contributed by atoms with Crippen molar-refractivity contribution in [2.24, 2.45) is 5.92 Å². The molecule has 0 saturated carbocycles. The number of carbonyl (C=O) groups is 1. The van der Waals surface area contributed by atoms with Gasteiger partial charge in [0.15, 0.2) is 0 Å². The van der Waals surface area contributed by atoms with Gasteiger partial charge in [0.2, 0.25) is 0 Å². The molecular weight excluding hydrogens is 271 g/mol. The maximum Gasteiger partial charge on any atom is 0.133 e. The smallest absolute Gasteiger partial charge is 0.133 e. The van der Waals surface area contributed by atoms with E-state index in [9.17, 15) is 4.79 Å². The van der Waals surface area contributed by atoms with E-state index in [2.05, 4.69) is 17.1 Å². The predicted molar refractivity (Wildman–Crippen MR) is 77.8 cm³/mol. The SMILES string of the molecule is CC(CNCC=O)CN(C)c1ccc(Cl)c(Cl)c1. The monoisotopic (exact) mass is 288 g/mol. The number of halogens is 2. The highest BCUT2D eigenvalue weighted by Gasteiger charge is 2.08. The second-order valence-electron chi connectivity index (χ2n) is 4.41. The molecule has 0 heterocycles. The summed E-state index contributed by atoms with van der Waals surface area (Å²) < 4.78 is 0. The first-order chi connectivity index (χ1) is 8.54. The fraction of sp³-hybridized carbons (Fsp3) is 0.462. The van der Waals surface area contributed by atoms with Crippen LogP contribution in [-0.2, 0) is 4.79 Å². The Hall–Kier alpha value is -0.770. The van der Waals surface area contributed by atoms with Gasteiger partial charge in [-0.15, -0.1) is 0 Å². The highest BCUT2D eigenvalue weighted by molar-refractivity contribution is 6.42. The lowest BCUT2D eigenvalue weighted by atomic mass is 10.1. The van der Waals surface area contributed by atoms with Gasteiger partial charge in [0, 0.05) is 19.3 Å². The Labute approximate surface area is 118 Å². The molecule has 0 fully saturated rings. The molecule has 1 aromatic rings. The van der Waals surface area contributed by atoms with E-state index in [0.29, 0.717) is 22.5 Å². The number of anilines is 1. The van der Waals surface area contributed by atoms with Crippen LogP contribution in [-0.4, -0.2) is 33.0 Å². The van der Waals surface area contributed by atoms with Crippen molar-refractivity contribution < 1.29 is 4.79 Å². The Balaban J connectivity index is 2.50. The van der Waals surface area contributed by atoms with Crippen molar-refractivity contribution in [3.8, 4) is 0 Å². The third-order valence-electron chi connectivity index (χ3n) is 2.65. The molecule has 5 heteroatoms. The number of hydrogen-bond donors (Lipinski definition) is 1. The van der Waals surface area contributed by atoms with Crippen molar-refractivity contribution in [1.82, 2.24) is 5.32 Å². The molecule has 0 aliphatic rings. The number of hydrogen-bond acceptors (Lipinski definition) is 3. The minimum atomic E-state index is 0.404. The van der Waals surface area contributed by atoms with E-state index in [-0.39, 0.29) is 0 Å². The van der Waals surface area contributed by atoms with Crippen molar-refractivity contribution in [2.75, 3.05) is 31.6 Å². The molecule has 0 amide bonds. The van der Waals surface area contributed by atoms with Gasteiger partial charge in [-0.25, -0.2) is 0 Å². The summed E-state index contributed by atoms with van der Waals surface area (Å²) in [4.78, 5) is 12.3. The molecule has 1 atom stereocenters. The summed E-state index contributed by atoms with van der Waals surface area (Å²) in [6.45, 7) is 4.22. The number of benzene rings is 1. The highest BCUT2D eigenvalue weighted by atomic mass is 35.5. The molecule has 0 spiro atoms. The molecule has 1 unspecified atom stereocenters. The van der Waals surface area contributed by atoms with Crippen LogP contribution in [0.25, 0.3) is 0 Å². The fourth-order valence-corrected chi connectivity index (χ4v) is 2.04. The van der Waals surface area contributed by atoms with Gasteiger partial charge in [0.1, 0.15) is 6.29 Å². The zero-order valence-electron chi connectivity index (χ0n) is 10.6. The van der Waals surface area contributed by atoms with Crippen LogP contribution in [0.2, 0.25) is 10.0 Å². The second kappa shape index (κ2) is 7.62. The van der Waals surface area contributed by atoms with E-state index in [1.54, 1.807) is 6.07 Å². The average molecular weight is 289 g/mol. The van der Waals surface area contributed by atoms with E-state index in [0.717, 1.165) is 25.1 Å². The molecule has 0 bridgehead atoms. The molecule has 0 saturated heterocycles. The van der Waals surface area contributed by atoms with Gasteiger partial charge >= 0.3 is 0 Å². The van der Waals surface area contributed by atoms with Crippen LogP contribution < -0.4 is 10.2 Å². The second-order valence-corrected chi connectivity index (χ2v) is 5.22. The largest absolute Gasteiger partial charge is 0.374 e. The number of carbonyl (C=O) groups excluding carboxylic acids is 1. The summed E-state index contributed by atoms with van der Waals surface area (Å²) in [5, 5.41) is 4.20. The molecule has 3 nitrogen and oxygen atoms in total. The number of aldehydes is 1. The lowest BCUT2D eigenvalue weighted by Gasteiger charge is -2.24. The summed E-state index contributed by atoms with van der Waals surface area (Å²) in [7, 11) is 2.01. The van der Waals surface area contributed by atoms with Crippen molar-refractivity contribution in [3.63, 3.8) is 0 Å². The molecule has 0 aromatic heterocycles. The molecule has 1 N–H and O–H groups in total. The molecule has 18 heavy (non-hydrogen) atoms. The first-order valence-corrected chi connectivity index (χ1v) is 6.60. The normalized spacial score (nSPS) is 12.2. The molecule has 0 radical (unpaired) electrons. The number of rotatable bonds is 7.